The SMILES string of the molecule is O=C(c1ccccc1Cl)c1[nH]nc(-c2ccccc2)c1-c1ccccc1. The van der Waals surface area contributed by atoms with Crippen molar-refractivity contribution in [2.75, 3.05) is 0 Å². The van der Waals surface area contributed by atoms with Crippen LogP contribution in [0.25, 0.3) is 22.4 Å². The molecule has 0 aliphatic carbocycles. The maximum Gasteiger partial charge on any atom is 0.212 e. The summed E-state index contributed by atoms with van der Waals surface area (Å²) in [6, 6.07) is 26.6. The fraction of sp³-hybridized carbons (Fsp3) is 0. The summed E-state index contributed by atoms with van der Waals surface area (Å²) in [6.45, 7) is 0. The van der Waals surface area contributed by atoms with Crippen LogP contribution < -0.4 is 0 Å². The third-order valence-electron chi connectivity index (χ3n) is 4.22. The van der Waals surface area contributed by atoms with Gasteiger partial charge in [0.1, 0.15) is 11.4 Å². The van der Waals surface area contributed by atoms with Crippen LogP contribution in [-0.2, 0) is 0 Å². The first-order valence-electron chi connectivity index (χ1n) is 8.24. The Hall–Kier alpha value is -3.17. The highest BCUT2D eigenvalue weighted by Crippen LogP contribution is 2.34. The number of nitrogens with one attached hydrogen (secondary N) is 1. The second-order valence-electron chi connectivity index (χ2n) is 5.86. The Labute approximate surface area is 156 Å². The van der Waals surface area contributed by atoms with E-state index in [0.717, 1.165) is 22.4 Å². The highest BCUT2D eigenvalue weighted by molar-refractivity contribution is 6.35. The van der Waals surface area contributed by atoms with Crippen molar-refractivity contribution in [2.45, 2.75) is 0 Å². The topological polar surface area (TPSA) is 45.8 Å². The van der Waals surface area contributed by atoms with E-state index in [4.69, 9.17) is 11.6 Å². The van der Waals surface area contributed by atoms with Crippen molar-refractivity contribution in [3.05, 3.63) is 101 Å². The van der Waals surface area contributed by atoms with Crippen molar-refractivity contribution >= 4 is 17.4 Å². The molecule has 0 unspecified atom stereocenters. The molecule has 4 aromatic rings. The van der Waals surface area contributed by atoms with Gasteiger partial charge in [-0.25, -0.2) is 0 Å². The molecular weight excluding hydrogens is 344 g/mol. The Morgan fingerprint density at radius 2 is 1.35 bits per heavy atom. The molecule has 0 aliphatic heterocycles. The monoisotopic (exact) mass is 358 g/mol. The summed E-state index contributed by atoms with van der Waals surface area (Å²) in [7, 11) is 0. The minimum atomic E-state index is -0.177. The van der Waals surface area contributed by atoms with Crippen LogP contribution in [0.2, 0.25) is 5.02 Å². The van der Waals surface area contributed by atoms with Crippen molar-refractivity contribution < 1.29 is 4.79 Å². The molecule has 4 heteroatoms. The molecule has 3 nitrogen and oxygen atoms in total. The van der Waals surface area contributed by atoms with Crippen LogP contribution in [0, 0.1) is 0 Å². The van der Waals surface area contributed by atoms with Gasteiger partial charge in [0, 0.05) is 16.7 Å². The zero-order chi connectivity index (χ0) is 17.9. The maximum absolute atomic E-state index is 13.2. The number of carbonyl (C=O) groups is 1. The van der Waals surface area contributed by atoms with Gasteiger partial charge < -0.3 is 0 Å². The van der Waals surface area contributed by atoms with E-state index in [1.54, 1.807) is 24.3 Å². The lowest BCUT2D eigenvalue weighted by Crippen LogP contribution is -2.04. The second-order valence-corrected chi connectivity index (χ2v) is 6.27. The summed E-state index contributed by atoms with van der Waals surface area (Å²) in [5, 5.41) is 7.81. The molecule has 3 aromatic carbocycles. The van der Waals surface area contributed by atoms with Crippen molar-refractivity contribution in [1.29, 1.82) is 0 Å². The lowest BCUT2D eigenvalue weighted by atomic mass is 9.95. The van der Waals surface area contributed by atoms with Gasteiger partial charge >= 0.3 is 0 Å². The fourth-order valence-electron chi connectivity index (χ4n) is 2.98. The van der Waals surface area contributed by atoms with Gasteiger partial charge in [-0.3, -0.25) is 9.89 Å². The molecule has 0 spiro atoms. The van der Waals surface area contributed by atoms with Gasteiger partial charge in [-0.2, -0.15) is 5.10 Å². The van der Waals surface area contributed by atoms with E-state index in [1.165, 1.54) is 0 Å². The molecule has 1 aromatic heterocycles. The van der Waals surface area contributed by atoms with E-state index in [2.05, 4.69) is 10.2 Å². The lowest BCUT2D eigenvalue weighted by Gasteiger charge is -2.07. The van der Waals surface area contributed by atoms with E-state index < -0.39 is 0 Å². The third kappa shape index (κ3) is 2.93. The summed E-state index contributed by atoms with van der Waals surface area (Å²) in [4.78, 5) is 13.2. The van der Waals surface area contributed by atoms with E-state index in [-0.39, 0.29) is 5.78 Å². The molecule has 0 radical (unpaired) electrons. The number of hydrogen-bond donors (Lipinski definition) is 1. The Bertz CT molecular complexity index is 1060. The van der Waals surface area contributed by atoms with Gasteiger partial charge in [0.15, 0.2) is 0 Å². The average Bonchev–Trinajstić information content (AvgIpc) is 3.14. The third-order valence-corrected chi connectivity index (χ3v) is 4.55. The molecule has 1 N–H and O–H groups in total. The molecule has 126 valence electrons. The Morgan fingerprint density at radius 3 is 2.00 bits per heavy atom. The van der Waals surface area contributed by atoms with Crippen LogP contribution in [0.5, 0.6) is 0 Å². The molecule has 26 heavy (non-hydrogen) atoms. The van der Waals surface area contributed by atoms with Crippen molar-refractivity contribution in [2.24, 2.45) is 0 Å². The van der Waals surface area contributed by atoms with Crippen LogP contribution in [-0.4, -0.2) is 16.0 Å². The number of aromatic amines is 1. The second kappa shape index (κ2) is 6.98. The number of hydrogen-bond acceptors (Lipinski definition) is 2. The Kier molecular flexibility index (Phi) is 4.38. The summed E-state index contributed by atoms with van der Waals surface area (Å²) >= 11 is 6.24. The zero-order valence-electron chi connectivity index (χ0n) is 13.8. The highest BCUT2D eigenvalue weighted by atomic mass is 35.5. The molecule has 0 bridgehead atoms. The van der Waals surface area contributed by atoms with E-state index in [0.29, 0.717) is 16.3 Å². The number of rotatable bonds is 4. The standard InChI is InChI=1S/C22H15ClN2O/c23-18-14-8-7-13-17(18)22(26)21-19(15-9-3-1-4-10-15)20(24-25-21)16-11-5-2-6-12-16/h1-14H,(H,24,25). The van der Waals surface area contributed by atoms with E-state index >= 15 is 0 Å². The average molecular weight is 359 g/mol. The largest absolute Gasteiger partial charge is 0.287 e. The molecule has 4 rings (SSSR count). The van der Waals surface area contributed by atoms with Crippen molar-refractivity contribution in [3.8, 4) is 22.4 Å². The zero-order valence-corrected chi connectivity index (χ0v) is 14.6. The number of H-pyrrole nitrogens is 1. The minimum Gasteiger partial charge on any atom is -0.287 e. The number of ketones is 1. The first kappa shape index (κ1) is 16.3. The number of benzene rings is 3. The molecule has 1 heterocycles. The smallest absolute Gasteiger partial charge is 0.212 e. The summed E-state index contributed by atoms with van der Waals surface area (Å²) in [6.07, 6.45) is 0. The molecule has 0 saturated heterocycles. The Balaban J connectivity index is 1.93. The lowest BCUT2D eigenvalue weighted by molar-refractivity contribution is 0.103. The molecular formula is C22H15ClN2O. The number of halogens is 1. The van der Waals surface area contributed by atoms with Crippen LogP contribution in [0.1, 0.15) is 16.1 Å². The highest BCUT2D eigenvalue weighted by Gasteiger charge is 2.23. The van der Waals surface area contributed by atoms with Gasteiger partial charge in [-0.15, -0.1) is 0 Å². The maximum atomic E-state index is 13.2. The van der Waals surface area contributed by atoms with Gasteiger partial charge in [0.25, 0.3) is 0 Å². The molecule has 0 amide bonds. The van der Waals surface area contributed by atoms with Gasteiger partial charge in [-0.05, 0) is 17.7 Å². The van der Waals surface area contributed by atoms with Gasteiger partial charge in [0.05, 0.1) is 5.02 Å². The van der Waals surface area contributed by atoms with Crippen molar-refractivity contribution in [1.82, 2.24) is 10.2 Å². The van der Waals surface area contributed by atoms with E-state index in [1.807, 2.05) is 60.7 Å². The molecule has 0 fully saturated rings. The molecule has 0 saturated carbocycles. The van der Waals surface area contributed by atoms with Crippen LogP contribution in [0.3, 0.4) is 0 Å². The summed E-state index contributed by atoms with van der Waals surface area (Å²) in [5.74, 6) is -0.177. The Morgan fingerprint density at radius 1 is 0.769 bits per heavy atom. The van der Waals surface area contributed by atoms with Crippen LogP contribution in [0.15, 0.2) is 84.9 Å². The normalized spacial score (nSPS) is 10.7. The summed E-state index contributed by atoms with van der Waals surface area (Å²) in [5.41, 5.74) is 4.28. The first-order chi connectivity index (χ1) is 12.8. The quantitative estimate of drug-likeness (QED) is 0.480. The number of aromatic nitrogens is 2. The fourth-order valence-corrected chi connectivity index (χ4v) is 3.20. The predicted molar refractivity (Wildman–Crippen MR) is 104 cm³/mol. The van der Waals surface area contributed by atoms with Gasteiger partial charge in [-0.1, -0.05) is 84.4 Å². The van der Waals surface area contributed by atoms with E-state index in [9.17, 15) is 4.79 Å². The number of carbonyl (C=O) groups excluding carboxylic acids is 1. The minimum absolute atomic E-state index is 0.177. The van der Waals surface area contributed by atoms with Crippen molar-refractivity contribution in [3.63, 3.8) is 0 Å². The van der Waals surface area contributed by atoms with Crippen LogP contribution in [0.4, 0.5) is 0 Å². The molecule has 0 atom stereocenters. The summed E-state index contributed by atoms with van der Waals surface area (Å²) < 4.78 is 0. The van der Waals surface area contributed by atoms with Gasteiger partial charge in [0.2, 0.25) is 5.78 Å². The predicted octanol–water partition coefficient (Wildman–Crippen LogP) is 5.63. The first-order valence-corrected chi connectivity index (χ1v) is 8.62. The molecule has 0 aliphatic rings. The number of nitrogens with zero attached hydrogens (tertiary/aromatic N) is 1. The van der Waals surface area contributed by atoms with Crippen LogP contribution >= 0.6 is 11.6 Å².